The molecule has 9 aromatic rings. The molecule has 9 N–H and O–H groups in total. The standard InChI is InChI=1S/C28H38BrN5O2.C26H34BrN5O2.C18H19BrN4O2/c1-7-34(21-10-8-20(9-11-21)33(4)5)25-14-19(29)13-23-22(25)15-26(36-6)32-27(23)30-16-24-17(2)12-18(3)31-28(24)35;1-15-10-16(2)29-26(33)22(15)14-28-25-21-11-17(27)12-23(20(21)13-24(31-25)34-5)30-18-6-8-19(9-7-18)32(3)4;1-9-4-10(2)22-18(24)14(9)8-21-17-13-5-11(19)6-15(20)12(13)7-16(23-17)25-3/h12-15,20-21H,7-11,16H2,1-6H3,(H,30,32)(H,31,35);10-13,18-19,30H,6-9,14H2,1-5H3,(H,28,31)(H,29,33);4-7H,8,20H2,1-3H3,(H,21,23)(H,22,24). The summed E-state index contributed by atoms with van der Waals surface area (Å²) in [6.07, 6.45) is 9.43. The van der Waals surface area contributed by atoms with E-state index in [0.717, 1.165) is 105 Å². The molecular formula is C72H91Br3N14O6. The fourth-order valence-electron chi connectivity index (χ4n) is 13.3. The van der Waals surface area contributed by atoms with Crippen molar-refractivity contribution < 1.29 is 14.2 Å². The zero-order valence-electron chi connectivity index (χ0n) is 57.1. The topological polar surface area (TPSA) is 249 Å². The molecule has 0 unspecified atom stereocenters. The van der Waals surface area contributed by atoms with Crippen LogP contribution < -0.4 is 62.8 Å². The molecule has 95 heavy (non-hydrogen) atoms. The Morgan fingerprint density at radius 1 is 0.474 bits per heavy atom. The molecule has 2 aliphatic carbocycles. The molecule has 2 fully saturated rings. The van der Waals surface area contributed by atoms with Gasteiger partial charge in [-0.25, -0.2) is 0 Å². The minimum absolute atomic E-state index is 0.0699. The maximum atomic E-state index is 12.6. The van der Waals surface area contributed by atoms with E-state index in [0.29, 0.717) is 101 Å². The summed E-state index contributed by atoms with van der Waals surface area (Å²) < 4.78 is 19.3. The van der Waals surface area contributed by atoms with Crippen molar-refractivity contribution in [3.05, 3.63) is 168 Å². The van der Waals surface area contributed by atoms with Gasteiger partial charge in [0.15, 0.2) is 0 Å². The minimum atomic E-state index is -0.0992. The molecule has 0 spiro atoms. The second kappa shape index (κ2) is 31.9. The van der Waals surface area contributed by atoms with E-state index < -0.39 is 0 Å². The molecule has 2 saturated carbocycles. The summed E-state index contributed by atoms with van der Waals surface area (Å²) in [5.41, 5.74) is 16.2. The average Bonchev–Trinajstić information content (AvgIpc) is 0.783. The van der Waals surface area contributed by atoms with Gasteiger partial charge in [-0.3, -0.25) is 14.4 Å². The Hall–Kier alpha value is -7.70. The largest absolute Gasteiger partial charge is 0.481 e. The van der Waals surface area contributed by atoms with E-state index in [1.807, 2.05) is 84.0 Å². The van der Waals surface area contributed by atoms with Crippen molar-refractivity contribution in [3.63, 3.8) is 0 Å². The van der Waals surface area contributed by atoms with E-state index in [9.17, 15) is 14.4 Å². The zero-order valence-corrected chi connectivity index (χ0v) is 61.8. The number of nitrogens with two attached hydrogens (primary N) is 1. The van der Waals surface area contributed by atoms with Crippen molar-refractivity contribution in [2.24, 2.45) is 0 Å². The number of anilines is 6. The molecule has 0 aliphatic heterocycles. The highest BCUT2D eigenvalue weighted by molar-refractivity contribution is 9.11. The van der Waals surface area contributed by atoms with Crippen molar-refractivity contribution >= 4 is 115 Å². The fraction of sp³-hybridized carbons (Fsp3) is 0.417. The maximum absolute atomic E-state index is 12.6. The molecule has 0 radical (unpaired) electrons. The number of benzene rings is 3. The van der Waals surface area contributed by atoms with E-state index in [-0.39, 0.29) is 16.7 Å². The van der Waals surface area contributed by atoms with Crippen LogP contribution in [0.1, 0.15) is 109 Å². The Morgan fingerprint density at radius 3 is 1.23 bits per heavy atom. The van der Waals surface area contributed by atoms with Crippen LogP contribution in [0, 0.1) is 41.5 Å². The molecule has 0 saturated heterocycles. The summed E-state index contributed by atoms with van der Waals surface area (Å²) in [5, 5.41) is 19.7. The number of methoxy groups -OCH3 is 3. The highest BCUT2D eigenvalue weighted by Crippen LogP contribution is 2.41. The van der Waals surface area contributed by atoms with Crippen LogP contribution >= 0.6 is 47.8 Å². The Balaban J connectivity index is 0.000000170. The number of halogens is 3. The van der Waals surface area contributed by atoms with Crippen LogP contribution in [0.2, 0.25) is 0 Å². The van der Waals surface area contributed by atoms with Crippen molar-refractivity contribution in [1.29, 1.82) is 0 Å². The normalized spacial score (nSPS) is 16.2. The van der Waals surface area contributed by atoms with Gasteiger partial charge in [-0.15, -0.1) is 0 Å². The van der Waals surface area contributed by atoms with Crippen molar-refractivity contribution in [2.45, 2.75) is 144 Å². The fourth-order valence-corrected chi connectivity index (χ4v) is 14.6. The molecule has 23 heteroatoms. The van der Waals surface area contributed by atoms with E-state index in [4.69, 9.17) is 24.9 Å². The van der Waals surface area contributed by atoms with Crippen LogP contribution in [0.3, 0.4) is 0 Å². The van der Waals surface area contributed by atoms with Gasteiger partial charge in [0.2, 0.25) is 17.6 Å². The van der Waals surface area contributed by atoms with Crippen molar-refractivity contribution in [2.75, 3.05) is 88.0 Å². The zero-order chi connectivity index (χ0) is 68.5. The van der Waals surface area contributed by atoms with Crippen molar-refractivity contribution in [1.82, 2.24) is 39.7 Å². The molecule has 0 atom stereocenters. The lowest BCUT2D eigenvalue weighted by atomic mass is 9.89. The Morgan fingerprint density at radius 2 is 0.832 bits per heavy atom. The Kier molecular flexibility index (Phi) is 24.0. The summed E-state index contributed by atoms with van der Waals surface area (Å²) in [4.78, 5) is 67.0. The van der Waals surface area contributed by atoms with Crippen molar-refractivity contribution in [3.8, 4) is 17.6 Å². The summed E-state index contributed by atoms with van der Waals surface area (Å²) in [6.45, 7) is 15.8. The molecule has 0 amide bonds. The van der Waals surface area contributed by atoms with Crippen LogP contribution in [0.25, 0.3) is 32.3 Å². The number of nitrogens with one attached hydrogen (secondary N) is 7. The lowest BCUT2D eigenvalue weighted by Crippen LogP contribution is -2.42. The average molecular weight is 1490 g/mol. The number of rotatable bonds is 19. The first-order valence-electron chi connectivity index (χ1n) is 32.3. The number of nitrogen functional groups attached to an aromatic ring is 1. The number of aryl methyl sites for hydroxylation is 6. The third kappa shape index (κ3) is 17.5. The van der Waals surface area contributed by atoms with Gasteiger partial charge >= 0.3 is 0 Å². The first-order chi connectivity index (χ1) is 45.3. The van der Waals surface area contributed by atoms with Crippen LogP contribution in [-0.4, -0.2) is 120 Å². The molecule has 506 valence electrons. The molecule has 11 rings (SSSR count). The molecule has 2 aliphatic rings. The third-order valence-corrected chi connectivity index (χ3v) is 19.7. The van der Waals surface area contributed by atoms with E-state index in [1.54, 1.807) is 27.4 Å². The van der Waals surface area contributed by atoms with Gasteiger partial charge in [-0.2, -0.15) is 15.0 Å². The van der Waals surface area contributed by atoms with Crippen LogP contribution in [-0.2, 0) is 19.6 Å². The van der Waals surface area contributed by atoms with Gasteiger partial charge in [0.25, 0.3) is 16.7 Å². The van der Waals surface area contributed by atoms with Gasteiger partial charge < -0.3 is 70.9 Å². The highest BCUT2D eigenvalue weighted by Gasteiger charge is 2.29. The predicted molar refractivity (Wildman–Crippen MR) is 400 cm³/mol. The number of nitrogens with zero attached hydrogens (tertiary/aromatic N) is 6. The lowest BCUT2D eigenvalue weighted by Gasteiger charge is -2.40. The first-order valence-corrected chi connectivity index (χ1v) is 34.7. The number of aromatic nitrogens is 6. The predicted octanol–water partition coefficient (Wildman–Crippen LogP) is 14.3. The molecule has 3 aromatic carbocycles. The van der Waals surface area contributed by atoms with Gasteiger partial charge in [0.05, 0.1) is 21.3 Å². The van der Waals surface area contributed by atoms with E-state index in [1.165, 1.54) is 44.2 Å². The quantitative estimate of drug-likeness (QED) is 0.0351. The number of pyridine rings is 6. The molecule has 0 bridgehead atoms. The SMILES string of the molecule is CCN(c1cc(Br)cc2c(NCc3c(C)cc(C)[nH]c3=O)nc(OC)cc12)C1CCC(N(C)C)CC1.COc1cc2c(N)cc(Br)cc2c(NCc2c(C)cc(C)[nH]c2=O)n1.COc1cc2c(NC3CCC(N(C)C)CC3)cc(Br)cc2c(NCc2c(C)cc(C)[nH]c2=O)n1. The van der Waals surface area contributed by atoms with Crippen LogP contribution in [0.5, 0.6) is 17.6 Å². The summed E-state index contributed by atoms with van der Waals surface area (Å²) >= 11 is 10.9. The van der Waals surface area contributed by atoms with Gasteiger partial charge in [-0.05, 0) is 199 Å². The monoisotopic (exact) mass is 1480 g/mol. The highest BCUT2D eigenvalue weighted by atomic mass is 79.9. The number of hydrogen-bond acceptors (Lipinski definition) is 17. The Bertz CT molecular complexity index is 4410. The second-order valence-corrected chi connectivity index (χ2v) is 28.2. The van der Waals surface area contributed by atoms with Gasteiger partial charge in [0, 0.05) is 165 Å². The van der Waals surface area contributed by atoms with Crippen LogP contribution in [0.4, 0.5) is 34.5 Å². The summed E-state index contributed by atoms with van der Waals surface area (Å²) in [7, 11) is 13.5. The lowest BCUT2D eigenvalue weighted by molar-refractivity contribution is 0.214. The molecule has 20 nitrogen and oxygen atoms in total. The number of hydrogen-bond donors (Lipinski definition) is 8. The van der Waals surface area contributed by atoms with Crippen LogP contribution in [0.15, 0.2) is 101 Å². The van der Waals surface area contributed by atoms with Gasteiger partial charge in [-0.1, -0.05) is 47.8 Å². The first kappa shape index (κ1) is 71.6. The summed E-state index contributed by atoms with van der Waals surface area (Å²) in [6, 6.07) is 26.2. The molecule has 6 heterocycles. The molecule has 6 aromatic heterocycles. The second-order valence-electron chi connectivity index (χ2n) is 25.4. The van der Waals surface area contributed by atoms with E-state index in [2.05, 4.69) is 168 Å². The third-order valence-electron chi connectivity index (χ3n) is 18.4. The number of H-pyrrole nitrogens is 3. The van der Waals surface area contributed by atoms with Gasteiger partial charge in [0.1, 0.15) is 17.5 Å². The minimum Gasteiger partial charge on any atom is -0.481 e. The number of ether oxygens (including phenoxy) is 3. The smallest absolute Gasteiger partial charge is 0.253 e. The summed E-state index contributed by atoms with van der Waals surface area (Å²) in [5.74, 6) is 3.55. The number of aromatic amines is 3. The maximum Gasteiger partial charge on any atom is 0.253 e. The van der Waals surface area contributed by atoms with E-state index >= 15 is 0 Å². The molecular weight excluding hydrogens is 1400 g/mol. The number of fused-ring (bicyclic) bond motifs is 3. The Labute approximate surface area is 581 Å².